The third kappa shape index (κ3) is 3.88. The van der Waals surface area contributed by atoms with Gasteiger partial charge in [0.25, 0.3) is 5.91 Å². The van der Waals surface area contributed by atoms with Gasteiger partial charge < -0.3 is 14.4 Å². The molecule has 25 heavy (non-hydrogen) atoms. The van der Waals surface area contributed by atoms with Crippen LogP contribution in [0.15, 0.2) is 71.3 Å². The average Bonchev–Trinajstić information content (AvgIpc) is 3.15. The number of amides is 1. The minimum absolute atomic E-state index is 0.138. The molecule has 1 N–H and O–H groups in total. The number of furan rings is 1. The molecule has 0 fully saturated rings. The third-order valence-corrected chi connectivity index (χ3v) is 3.83. The maximum absolute atomic E-state index is 12.9. The van der Waals surface area contributed by atoms with Crippen LogP contribution in [-0.4, -0.2) is 15.9 Å². The SMILES string of the molecule is N#Cc1ccc(C(=O)N(Cc2ccco2)Cc2ccccc2O)cc1. The van der Waals surface area contributed by atoms with Crippen LogP contribution in [0.1, 0.15) is 27.2 Å². The molecule has 0 unspecified atom stereocenters. The number of aromatic hydroxyl groups is 1. The molecule has 1 amide bonds. The Bertz CT molecular complexity index is 893. The number of benzene rings is 2. The molecule has 0 atom stereocenters. The van der Waals surface area contributed by atoms with Crippen molar-refractivity contribution in [2.75, 3.05) is 0 Å². The van der Waals surface area contributed by atoms with Gasteiger partial charge in [-0.3, -0.25) is 4.79 Å². The first-order chi connectivity index (χ1) is 12.2. The van der Waals surface area contributed by atoms with E-state index in [-0.39, 0.29) is 24.7 Å². The summed E-state index contributed by atoms with van der Waals surface area (Å²) < 4.78 is 5.36. The van der Waals surface area contributed by atoms with Crippen molar-refractivity contribution in [2.24, 2.45) is 0 Å². The van der Waals surface area contributed by atoms with E-state index in [2.05, 4.69) is 0 Å². The summed E-state index contributed by atoms with van der Waals surface area (Å²) in [6.45, 7) is 0.520. The van der Waals surface area contributed by atoms with Gasteiger partial charge in [-0.05, 0) is 42.5 Å². The number of rotatable bonds is 5. The Balaban J connectivity index is 1.88. The third-order valence-electron chi connectivity index (χ3n) is 3.83. The molecule has 1 heterocycles. The zero-order valence-electron chi connectivity index (χ0n) is 13.4. The van der Waals surface area contributed by atoms with E-state index in [4.69, 9.17) is 9.68 Å². The second-order valence-electron chi connectivity index (χ2n) is 5.56. The average molecular weight is 332 g/mol. The van der Waals surface area contributed by atoms with Crippen molar-refractivity contribution in [1.82, 2.24) is 4.90 Å². The van der Waals surface area contributed by atoms with E-state index >= 15 is 0 Å². The summed E-state index contributed by atoms with van der Waals surface area (Å²) in [5, 5.41) is 18.9. The van der Waals surface area contributed by atoms with Gasteiger partial charge in [-0.15, -0.1) is 0 Å². The van der Waals surface area contributed by atoms with Crippen LogP contribution in [0.3, 0.4) is 0 Å². The van der Waals surface area contributed by atoms with Crippen molar-refractivity contribution in [3.63, 3.8) is 0 Å². The molecule has 0 saturated heterocycles. The van der Waals surface area contributed by atoms with E-state index in [1.54, 1.807) is 65.8 Å². The first-order valence-corrected chi connectivity index (χ1v) is 7.76. The normalized spacial score (nSPS) is 10.2. The molecule has 2 aromatic carbocycles. The Labute approximate surface area is 145 Å². The van der Waals surface area contributed by atoms with Crippen LogP contribution < -0.4 is 0 Å². The molecule has 1 aromatic heterocycles. The summed E-state index contributed by atoms with van der Waals surface area (Å²) in [4.78, 5) is 14.5. The molecular formula is C20H16N2O3. The number of hydrogen-bond donors (Lipinski definition) is 1. The topological polar surface area (TPSA) is 77.5 Å². The molecule has 0 saturated carbocycles. The molecule has 124 valence electrons. The lowest BCUT2D eigenvalue weighted by Crippen LogP contribution is -2.30. The van der Waals surface area contributed by atoms with Crippen LogP contribution in [0, 0.1) is 11.3 Å². The second kappa shape index (κ2) is 7.37. The van der Waals surface area contributed by atoms with Gasteiger partial charge in [0.15, 0.2) is 0 Å². The number of hydrogen-bond acceptors (Lipinski definition) is 4. The van der Waals surface area contributed by atoms with Crippen LogP contribution in [0.5, 0.6) is 5.75 Å². The van der Waals surface area contributed by atoms with Gasteiger partial charge in [-0.2, -0.15) is 5.26 Å². The number of nitrogens with zero attached hydrogens (tertiary/aromatic N) is 2. The minimum atomic E-state index is -0.204. The number of carbonyl (C=O) groups is 1. The standard InChI is InChI=1S/C20H16N2O3/c21-12-15-7-9-16(10-8-15)20(24)22(14-18-5-3-11-25-18)13-17-4-1-2-6-19(17)23/h1-11,23H,13-14H2. The first kappa shape index (κ1) is 16.3. The zero-order valence-corrected chi connectivity index (χ0v) is 13.4. The van der Waals surface area contributed by atoms with E-state index in [9.17, 15) is 9.90 Å². The van der Waals surface area contributed by atoms with Crippen molar-refractivity contribution >= 4 is 5.91 Å². The van der Waals surface area contributed by atoms with E-state index in [0.717, 1.165) is 0 Å². The van der Waals surface area contributed by atoms with Crippen molar-refractivity contribution in [2.45, 2.75) is 13.1 Å². The number of phenols is 1. The van der Waals surface area contributed by atoms with Crippen molar-refractivity contribution < 1.29 is 14.3 Å². The monoisotopic (exact) mass is 332 g/mol. The predicted octanol–water partition coefficient (Wildman–Crippen LogP) is 3.70. The smallest absolute Gasteiger partial charge is 0.254 e. The van der Waals surface area contributed by atoms with Crippen LogP contribution in [0.4, 0.5) is 0 Å². The summed E-state index contributed by atoms with van der Waals surface area (Å²) in [5.74, 6) is 0.584. The summed E-state index contributed by atoms with van der Waals surface area (Å²) >= 11 is 0. The maximum Gasteiger partial charge on any atom is 0.254 e. The van der Waals surface area contributed by atoms with Gasteiger partial charge in [0, 0.05) is 11.1 Å². The zero-order chi connectivity index (χ0) is 17.6. The Morgan fingerprint density at radius 1 is 1.04 bits per heavy atom. The number of nitriles is 1. The van der Waals surface area contributed by atoms with Gasteiger partial charge in [0.2, 0.25) is 0 Å². The van der Waals surface area contributed by atoms with Crippen molar-refractivity contribution in [3.8, 4) is 11.8 Å². The summed E-state index contributed by atoms with van der Waals surface area (Å²) in [7, 11) is 0. The number of carbonyl (C=O) groups excluding carboxylic acids is 1. The van der Waals surface area contributed by atoms with Crippen LogP contribution in [0.25, 0.3) is 0 Å². The van der Waals surface area contributed by atoms with Gasteiger partial charge in [-0.25, -0.2) is 0 Å². The molecule has 0 radical (unpaired) electrons. The van der Waals surface area contributed by atoms with Crippen LogP contribution in [-0.2, 0) is 13.1 Å². The molecule has 3 rings (SSSR count). The Morgan fingerprint density at radius 2 is 1.80 bits per heavy atom. The predicted molar refractivity (Wildman–Crippen MR) is 91.5 cm³/mol. The fraction of sp³-hybridized carbons (Fsp3) is 0.100. The van der Waals surface area contributed by atoms with Gasteiger partial charge in [0.1, 0.15) is 11.5 Å². The molecule has 0 aliphatic heterocycles. The highest BCUT2D eigenvalue weighted by Crippen LogP contribution is 2.21. The molecule has 0 aliphatic rings. The lowest BCUT2D eigenvalue weighted by Gasteiger charge is -2.22. The van der Waals surface area contributed by atoms with E-state index in [0.29, 0.717) is 22.5 Å². The molecular weight excluding hydrogens is 316 g/mol. The van der Waals surface area contributed by atoms with Crippen LogP contribution >= 0.6 is 0 Å². The Hall–Kier alpha value is -3.52. The maximum atomic E-state index is 12.9. The van der Waals surface area contributed by atoms with E-state index in [1.807, 2.05) is 12.1 Å². The Kier molecular flexibility index (Phi) is 4.82. The van der Waals surface area contributed by atoms with Crippen LogP contribution in [0.2, 0.25) is 0 Å². The van der Waals surface area contributed by atoms with E-state index in [1.165, 1.54) is 0 Å². The molecule has 0 spiro atoms. The van der Waals surface area contributed by atoms with Crippen molar-refractivity contribution in [1.29, 1.82) is 5.26 Å². The van der Waals surface area contributed by atoms with E-state index < -0.39 is 0 Å². The number of phenolic OH excluding ortho intramolecular Hbond substituents is 1. The minimum Gasteiger partial charge on any atom is -0.508 e. The summed E-state index contributed by atoms with van der Waals surface area (Å²) in [6, 6.07) is 19.0. The van der Waals surface area contributed by atoms with Gasteiger partial charge in [0.05, 0.1) is 31.0 Å². The first-order valence-electron chi connectivity index (χ1n) is 7.76. The van der Waals surface area contributed by atoms with Gasteiger partial charge in [-0.1, -0.05) is 18.2 Å². The second-order valence-corrected chi connectivity index (χ2v) is 5.56. The largest absolute Gasteiger partial charge is 0.508 e. The molecule has 5 heteroatoms. The highest BCUT2D eigenvalue weighted by Gasteiger charge is 2.19. The fourth-order valence-electron chi connectivity index (χ4n) is 2.51. The summed E-state index contributed by atoms with van der Waals surface area (Å²) in [5.41, 5.74) is 1.62. The quantitative estimate of drug-likeness (QED) is 0.773. The highest BCUT2D eigenvalue weighted by molar-refractivity contribution is 5.94. The highest BCUT2D eigenvalue weighted by atomic mass is 16.3. The molecule has 0 bridgehead atoms. The summed E-state index contributed by atoms with van der Waals surface area (Å²) in [6.07, 6.45) is 1.56. The fourth-order valence-corrected chi connectivity index (χ4v) is 2.51. The van der Waals surface area contributed by atoms with Gasteiger partial charge >= 0.3 is 0 Å². The molecule has 5 nitrogen and oxygen atoms in total. The molecule has 3 aromatic rings. The Morgan fingerprint density at radius 3 is 2.44 bits per heavy atom. The number of para-hydroxylation sites is 1. The lowest BCUT2D eigenvalue weighted by atomic mass is 10.1. The lowest BCUT2D eigenvalue weighted by molar-refractivity contribution is 0.0716. The molecule has 0 aliphatic carbocycles. The van der Waals surface area contributed by atoms with Crippen molar-refractivity contribution in [3.05, 3.63) is 89.4 Å².